The van der Waals surface area contributed by atoms with E-state index in [1.54, 1.807) is 9.80 Å². The van der Waals surface area contributed by atoms with Crippen LogP contribution in [0.3, 0.4) is 0 Å². The SMILES string of the molecule is O=C(c1cccs1)N1CCN(C2=C([N+](=O)[O-])C(=O)N(Cc3ccccc3)C3CCCCC23)CC1. The van der Waals surface area contributed by atoms with Gasteiger partial charge in [0, 0.05) is 44.7 Å². The third-order valence-corrected chi connectivity index (χ3v) is 8.06. The van der Waals surface area contributed by atoms with E-state index in [1.807, 2.05) is 52.7 Å². The van der Waals surface area contributed by atoms with Crippen molar-refractivity contribution in [2.24, 2.45) is 5.92 Å². The number of thiophene rings is 1. The molecular weight excluding hydrogens is 452 g/mol. The molecule has 0 bridgehead atoms. The normalized spacial score (nSPS) is 23.2. The molecular formula is C25H28N4O4S. The van der Waals surface area contributed by atoms with Crippen molar-refractivity contribution in [1.29, 1.82) is 0 Å². The van der Waals surface area contributed by atoms with Gasteiger partial charge in [-0.25, -0.2) is 0 Å². The largest absolute Gasteiger partial charge is 0.365 e. The van der Waals surface area contributed by atoms with Crippen molar-refractivity contribution < 1.29 is 14.5 Å². The Morgan fingerprint density at radius 1 is 1.03 bits per heavy atom. The van der Waals surface area contributed by atoms with Gasteiger partial charge in [0.25, 0.3) is 5.91 Å². The topological polar surface area (TPSA) is 87.0 Å². The molecule has 1 aliphatic carbocycles. The van der Waals surface area contributed by atoms with E-state index < -0.39 is 10.8 Å². The third-order valence-electron chi connectivity index (χ3n) is 7.20. The lowest BCUT2D eigenvalue weighted by atomic mass is 9.77. The highest BCUT2D eigenvalue weighted by molar-refractivity contribution is 7.12. The maximum absolute atomic E-state index is 13.5. The quantitative estimate of drug-likeness (QED) is 0.482. The molecule has 2 amide bonds. The zero-order valence-electron chi connectivity index (χ0n) is 19.0. The number of amides is 2. The van der Waals surface area contributed by atoms with Gasteiger partial charge in [-0.05, 0) is 29.9 Å². The summed E-state index contributed by atoms with van der Waals surface area (Å²) in [6.07, 6.45) is 3.71. The molecule has 3 heterocycles. The predicted molar refractivity (Wildman–Crippen MR) is 129 cm³/mol. The number of rotatable bonds is 5. The van der Waals surface area contributed by atoms with Crippen molar-refractivity contribution in [2.75, 3.05) is 26.2 Å². The van der Waals surface area contributed by atoms with Crippen LogP contribution in [0.25, 0.3) is 0 Å². The van der Waals surface area contributed by atoms with Gasteiger partial charge in [-0.1, -0.05) is 49.2 Å². The van der Waals surface area contributed by atoms with Gasteiger partial charge < -0.3 is 14.7 Å². The molecule has 1 aromatic heterocycles. The van der Waals surface area contributed by atoms with Crippen molar-refractivity contribution in [3.05, 3.63) is 79.8 Å². The Hall–Kier alpha value is -3.20. The Bertz CT molecular complexity index is 1090. The second-order valence-corrected chi connectivity index (χ2v) is 10.1. The Balaban J connectivity index is 1.42. The van der Waals surface area contributed by atoms with Crippen molar-refractivity contribution in [3.63, 3.8) is 0 Å². The number of carbonyl (C=O) groups is 2. The molecule has 1 saturated heterocycles. The van der Waals surface area contributed by atoms with Crippen LogP contribution in [0.4, 0.5) is 0 Å². The second-order valence-electron chi connectivity index (χ2n) is 9.12. The lowest BCUT2D eigenvalue weighted by Gasteiger charge is -2.47. The first kappa shape index (κ1) is 22.6. The van der Waals surface area contributed by atoms with Gasteiger partial charge in [-0.3, -0.25) is 19.7 Å². The number of carbonyl (C=O) groups excluding carboxylic acids is 2. The van der Waals surface area contributed by atoms with E-state index in [9.17, 15) is 19.7 Å². The smallest absolute Gasteiger partial charge is 0.352 e. The molecule has 3 aliphatic rings. The molecule has 1 aromatic carbocycles. The summed E-state index contributed by atoms with van der Waals surface area (Å²) >= 11 is 1.42. The molecule has 2 fully saturated rings. The van der Waals surface area contributed by atoms with E-state index >= 15 is 0 Å². The predicted octanol–water partition coefficient (Wildman–Crippen LogP) is 3.60. The van der Waals surface area contributed by atoms with Crippen LogP contribution in [0.1, 0.15) is 40.9 Å². The molecule has 5 rings (SSSR count). The zero-order valence-corrected chi connectivity index (χ0v) is 19.8. The molecule has 0 spiro atoms. The van der Waals surface area contributed by atoms with E-state index in [-0.39, 0.29) is 23.6 Å². The Morgan fingerprint density at radius 2 is 1.76 bits per heavy atom. The lowest BCUT2D eigenvalue weighted by molar-refractivity contribution is -0.424. The summed E-state index contributed by atoms with van der Waals surface area (Å²) < 4.78 is 0. The fourth-order valence-corrected chi connectivity index (χ4v) is 6.30. The molecule has 2 aliphatic heterocycles. The van der Waals surface area contributed by atoms with Crippen LogP contribution in [0.2, 0.25) is 0 Å². The van der Waals surface area contributed by atoms with Gasteiger partial charge in [-0.2, -0.15) is 0 Å². The molecule has 2 atom stereocenters. The monoisotopic (exact) mass is 480 g/mol. The summed E-state index contributed by atoms with van der Waals surface area (Å²) in [6, 6.07) is 13.3. The van der Waals surface area contributed by atoms with E-state index in [0.717, 1.165) is 31.2 Å². The molecule has 1 saturated carbocycles. The van der Waals surface area contributed by atoms with Gasteiger partial charge in [0.05, 0.1) is 9.80 Å². The average molecular weight is 481 g/mol. The highest BCUT2D eigenvalue weighted by Crippen LogP contribution is 2.42. The summed E-state index contributed by atoms with van der Waals surface area (Å²) in [7, 11) is 0. The highest BCUT2D eigenvalue weighted by atomic mass is 32.1. The van der Waals surface area contributed by atoms with Crippen LogP contribution in [-0.2, 0) is 11.3 Å². The van der Waals surface area contributed by atoms with Crippen molar-refractivity contribution in [2.45, 2.75) is 38.3 Å². The van der Waals surface area contributed by atoms with Gasteiger partial charge in [-0.15, -0.1) is 11.3 Å². The van der Waals surface area contributed by atoms with Crippen molar-refractivity contribution in [3.8, 4) is 0 Å². The van der Waals surface area contributed by atoms with E-state index in [1.165, 1.54) is 11.3 Å². The van der Waals surface area contributed by atoms with Crippen molar-refractivity contribution >= 4 is 23.2 Å². The standard InChI is InChI=1S/C25H28N4O4S/c30-24(21-11-6-16-34-21)27-14-12-26(13-15-27)22-19-9-4-5-10-20(19)28(25(31)23(22)29(32)33)17-18-7-2-1-3-8-18/h1-3,6-8,11,16,19-20H,4-5,9-10,12-15,17H2. The molecule has 8 nitrogen and oxygen atoms in total. The Labute approximate surface area is 202 Å². The Kier molecular flexibility index (Phi) is 6.36. The highest BCUT2D eigenvalue weighted by Gasteiger charge is 2.50. The minimum atomic E-state index is -0.482. The van der Waals surface area contributed by atoms with Crippen LogP contribution >= 0.6 is 11.3 Å². The molecule has 2 unspecified atom stereocenters. The number of piperazine rings is 1. The van der Waals surface area contributed by atoms with Gasteiger partial charge in [0.15, 0.2) is 0 Å². The van der Waals surface area contributed by atoms with Gasteiger partial charge in [0.1, 0.15) is 5.70 Å². The average Bonchev–Trinajstić information content (AvgIpc) is 3.40. The fraction of sp³-hybridized carbons (Fsp3) is 0.440. The fourth-order valence-electron chi connectivity index (χ4n) is 5.61. The number of nitro groups is 1. The molecule has 0 radical (unpaired) electrons. The molecule has 0 N–H and O–H groups in total. The first-order chi connectivity index (χ1) is 16.5. The minimum Gasteiger partial charge on any atom is -0.365 e. The first-order valence-corrected chi connectivity index (χ1v) is 12.7. The molecule has 34 heavy (non-hydrogen) atoms. The summed E-state index contributed by atoms with van der Waals surface area (Å²) in [4.78, 5) is 44.3. The third kappa shape index (κ3) is 4.20. The van der Waals surface area contributed by atoms with Gasteiger partial charge in [0.2, 0.25) is 0 Å². The summed E-state index contributed by atoms with van der Waals surface area (Å²) in [5.41, 5.74) is 1.29. The number of nitrogens with zero attached hydrogens (tertiary/aromatic N) is 4. The number of fused-ring (bicyclic) bond motifs is 1. The number of benzene rings is 1. The van der Waals surface area contributed by atoms with Crippen LogP contribution in [0.15, 0.2) is 59.2 Å². The summed E-state index contributed by atoms with van der Waals surface area (Å²) in [5.74, 6) is -0.526. The minimum absolute atomic E-state index is 0.00225. The van der Waals surface area contributed by atoms with E-state index in [0.29, 0.717) is 43.3 Å². The van der Waals surface area contributed by atoms with Crippen LogP contribution in [-0.4, -0.2) is 63.7 Å². The summed E-state index contributed by atoms with van der Waals surface area (Å²) in [6.45, 7) is 2.36. The van der Waals surface area contributed by atoms with Crippen LogP contribution in [0, 0.1) is 16.0 Å². The van der Waals surface area contributed by atoms with E-state index in [4.69, 9.17) is 0 Å². The summed E-state index contributed by atoms with van der Waals surface area (Å²) in [5, 5.41) is 14.1. The zero-order chi connectivity index (χ0) is 23.7. The van der Waals surface area contributed by atoms with Crippen LogP contribution < -0.4 is 0 Å². The Morgan fingerprint density at radius 3 is 2.44 bits per heavy atom. The second kappa shape index (κ2) is 9.58. The maximum atomic E-state index is 13.5. The van der Waals surface area contributed by atoms with E-state index in [2.05, 4.69) is 0 Å². The lowest BCUT2D eigenvalue weighted by Crippen LogP contribution is -2.57. The van der Waals surface area contributed by atoms with Gasteiger partial charge >= 0.3 is 11.6 Å². The number of hydrogen-bond acceptors (Lipinski definition) is 6. The molecule has 9 heteroatoms. The first-order valence-electron chi connectivity index (χ1n) is 11.9. The van der Waals surface area contributed by atoms with Crippen molar-refractivity contribution in [1.82, 2.24) is 14.7 Å². The number of hydrogen-bond donors (Lipinski definition) is 0. The maximum Gasteiger partial charge on any atom is 0.352 e. The van der Waals surface area contributed by atoms with Crippen LogP contribution in [0.5, 0.6) is 0 Å². The molecule has 2 aromatic rings. The molecule has 178 valence electrons.